The van der Waals surface area contributed by atoms with Gasteiger partial charge in [-0.3, -0.25) is 14.5 Å². The second-order valence-electron chi connectivity index (χ2n) is 6.39. The number of nitrogens with one attached hydrogen (secondary N) is 1. The van der Waals surface area contributed by atoms with Gasteiger partial charge in [0.25, 0.3) is 5.91 Å². The van der Waals surface area contributed by atoms with Crippen molar-refractivity contribution in [2.45, 2.75) is 6.54 Å². The van der Waals surface area contributed by atoms with Crippen molar-refractivity contribution in [2.75, 3.05) is 32.7 Å². The molecule has 1 N–H and O–H groups in total. The molecule has 2 aromatic heterocycles. The fourth-order valence-corrected chi connectivity index (χ4v) is 4.11. The highest BCUT2D eigenvalue weighted by Gasteiger charge is 2.22. The van der Waals surface area contributed by atoms with Gasteiger partial charge in [0.1, 0.15) is 5.01 Å². The van der Waals surface area contributed by atoms with E-state index in [1.54, 1.807) is 28.4 Å². The lowest BCUT2D eigenvalue weighted by molar-refractivity contribution is -0.131. The van der Waals surface area contributed by atoms with Crippen molar-refractivity contribution in [3.05, 3.63) is 53.4 Å². The number of benzene rings is 1. The molecule has 3 aromatic rings. The molecule has 0 unspecified atom stereocenters. The fourth-order valence-electron chi connectivity index (χ4n) is 3.10. The second-order valence-corrected chi connectivity index (χ2v) is 7.51. The molecule has 1 aliphatic rings. The van der Waals surface area contributed by atoms with E-state index in [-0.39, 0.29) is 24.1 Å². The summed E-state index contributed by atoms with van der Waals surface area (Å²) in [6.45, 7) is 3.69. The number of para-hydroxylation sites is 1. The summed E-state index contributed by atoms with van der Waals surface area (Å²) in [4.78, 5) is 32.9. The molecule has 0 spiro atoms. The molecule has 7 nitrogen and oxygen atoms in total. The van der Waals surface area contributed by atoms with Gasteiger partial charge in [-0.05, 0) is 24.3 Å². The maximum Gasteiger partial charge on any atom is 0.287 e. The van der Waals surface area contributed by atoms with E-state index in [0.29, 0.717) is 13.1 Å². The zero-order chi connectivity index (χ0) is 18.6. The molecule has 1 fully saturated rings. The van der Waals surface area contributed by atoms with E-state index in [2.05, 4.69) is 21.3 Å². The van der Waals surface area contributed by atoms with E-state index < -0.39 is 0 Å². The molecule has 8 heteroatoms. The number of hydrogen-bond donors (Lipinski definition) is 1. The first-order valence-electron chi connectivity index (χ1n) is 8.85. The molecular formula is C19H20N4O3S. The van der Waals surface area contributed by atoms with E-state index in [4.69, 9.17) is 4.42 Å². The second kappa shape index (κ2) is 7.89. The zero-order valence-corrected chi connectivity index (χ0v) is 15.6. The van der Waals surface area contributed by atoms with Gasteiger partial charge in [-0.15, -0.1) is 11.3 Å². The van der Waals surface area contributed by atoms with Crippen molar-refractivity contribution in [3.8, 4) is 0 Å². The maximum absolute atomic E-state index is 12.3. The van der Waals surface area contributed by atoms with Crippen LogP contribution in [-0.2, 0) is 11.3 Å². The summed E-state index contributed by atoms with van der Waals surface area (Å²) < 4.78 is 6.22. The quantitative estimate of drug-likeness (QED) is 0.728. The summed E-state index contributed by atoms with van der Waals surface area (Å²) in [5.41, 5.74) is 1.04. The molecule has 0 radical (unpaired) electrons. The molecule has 2 amide bonds. The van der Waals surface area contributed by atoms with Gasteiger partial charge in [-0.25, -0.2) is 4.98 Å². The predicted octanol–water partition coefficient (Wildman–Crippen LogP) is 1.96. The lowest BCUT2D eigenvalue weighted by Gasteiger charge is -2.34. The van der Waals surface area contributed by atoms with Crippen LogP contribution in [0.5, 0.6) is 0 Å². The summed E-state index contributed by atoms with van der Waals surface area (Å²) in [5.74, 6) is -0.235. The third kappa shape index (κ3) is 4.17. The van der Waals surface area contributed by atoms with E-state index in [1.165, 1.54) is 11.0 Å². The van der Waals surface area contributed by atoms with Crippen molar-refractivity contribution in [3.63, 3.8) is 0 Å². The first-order chi connectivity index (χ1) is 13.2. The minimum atomic E-state index is -0.372. The number of fused-ring (bicyclic) bond motifs is 1. The highest BCUT2D eigenvalue weighted by atomic mass is 32.1. The minimum Gasteiger partial charge on any atom is -0.459 e. The van der Waals surface area contributed by atoms with Gasteiger partial charge in [-0.2, -0.15) is 0 Å². The number of piperazine rings is 1. The molecule has 0 bridgehead atoms. The van der Waals surface area contributed by atoms with Crippen LogP contribution in [0.4, 0.5) is 0 Å². The predicted molar refractivity (Wildman–Crippen MR) is 103 cm³/mol. The smallest absolute Gasteiger partial charge is 0.287 e. The van der Waals surface area contributed by atoms with E-state index >= 15 is 0 Å². The van der Waals surface area contributed by atoms with Crippen molar-refractivity contribution in [2.24, 2.45) is 0 Å². The van der Waals surface area contributed by atoms with E-state index in [9.17, 15) is 9.59 Å². The Labute approximate surface area is 160 Å². The lowest BCUT2D eigenvalue weighted by atomic mass is 10.3. The van der Waals surface area contributed by atoms with E-state index in [0.717, 1.165) is 30.2 Å². The molecule has 27 heavy (non-hydrogen) atoms. The summed E-state index contributed by atoms with van der Waals surface area (Å²) in [6, 6.07) is 11.4. The standard InChI is InChI=1S/C19H20N4O3S/c24-18(12-20-19(25)15-5-3-11-26-15)23-9-7-22(8-10-23)13-17-21-14-4-1-2-6-16(14)27-17/h1-6,11H,7-10,12-13H2,(H,20,25). The summed E-state index contributed by atoms with van der Waals surface area (Å²) in [5, 5.41) is 3.70. The number of furan rings is 1. The van der Waals surface area contributed by atoms with Crippen molar-refractivity contribution < 1.29 is 14.0 Å². The monoisotopic (exact) mass is 384 g/mol. The zero-order valence-electron chi connectivity index (χ0n) is 14.8. The third-order valence-corrected chi connectivity index (χ3v) is 5.59. The molecule has 1 aliphatic heterocycles. The number of carbonyl (C=O) groups excluding carboxylic acids is 2. The van der Waals surface area contributed by atoms with Gasteiger partial charge < -0.3 is 14.6 Å². The summed E-state index contributed by atoms with van der Waals surface area (Å²) >= 11 is 1.72. The number of hydrogen-bond acceptors (Lipinski definition) is 6. The largest absolute Gasteiger partial charge is 0.459 e. The first-order valence-corrected chi connectivity index (χ1v) is 9.67. The molecule has 1 aromatic carbocycles. The average Bonchev–Trinajstić information content (AvgIpc) is 3.35. The summed E-state index contributed by atoms with van der Waals surface area (Å²) in [7, 11) is 0. The normalized spacial score (nSPS) is 15.2. The van der Waals surface area contributed by atoms with Crippen molar-refractivity contribution in [1.82, 2.24) is 20.1 Å². The SMILES string of the molecule is O=C(NCC(=O)N1CCN(Cc2nc3ccccc3s2)CC1)c1ccco1. The van der Waals surface area contributed by atoms with Crippen molar-refractivity contribution in [1.29, 1.82) is 0 Å². The van der Waals surface area contributed by atoms with Gasteiger partial charge in [0.15, 0.2) is 5.76 Å². The van der Waals surface area contributed by atoms with Crippen LogP contribution in [0.1, 0.15) is 15.6 Å². The van der Waals surface area contributed by atoms with Gasteiger partial charge in [0.2, 0.25) is 5.91 Å². The molecule has 3 heterocycles. The van der Waals surface area contributed by atoms with Gasteiger partial charge >= 0.3 is 0 Å². The minimum absolute atomic E-state index is 0.0165. The number of aromatic nitrogens is 1. The Bertz CT molecular complexity index is 896. The van der Waals surface area contributed by atoms with Gasteiger partial charge in [0.05, 0.1) is 29.6 Å². The van der Waals surface area contributed by atoms with E-state index in [1.807, 2.05) is 18.2 Å². The highest BCUT2D eigenvalue weighted by Crippen LogP contribution is 2.23. The van der Waals surface area contributed by atoms with Crippen LogP contribution in [0.3, 0.4) is 0 Å². The topological polar surface area (TPSA) is 78.7 Å². The third-order valence-electron chi connectivity index (χ3n) is 4.57. The Morgan fingerprint density at radius 2 is 1.93 bits per heavy atom. The van der Waals surface area contributed by atoms with Crippen LogP contribution in [0, 0.1) is 0 Å². The Morgan fingerprint density at radius 3 is 2.67 bits per heavy atom. The molecular weight excluding hydrogens is 364 g/mol. The Kier molecular flexibility index (Phi) is 5.17. The first kappa shape index (κ1) is 17.7. The van der Waals surface area contributed by atoms with Crippen LogP contribution < -0.4 is 5.32 Å². The highest BCUT2D eigenvalue weighted by molar-refractivity contribution is 7.18. The fraction of sp³-hybridized carbons (Fsp3) is 0.316. The van der Waals surface area contributed by atoms with Crippen molar-refractivity contribution >= 4 is 33.4 Å². The molecule has 4 rings (SSSR count). The van der Waals surface area contributed by atoms with Crippen LogP contribution in [-0.4, -0.2) is 59.3 Å². The number of carbonyl (C=O) groups is 2. The van der Waals surface area contributed by atoms with Crippen LogP contribution in [0.2, 0.25) is 0 Å². The molecule has 0 saturated carbocycles. The van der Waals surface area contributed by atoms with Crippen LogP contribution in [0.25, 0.3) is 10.2 Å². The molecule has 1 saturated heterocycles. The number of nitrogens with zero attached hydrogens (tertiary/aromatic N) is 3. The average molecular weight is 384 g/mol. The number of thiazole rings is 1. The molecule has 140 valence electrons. The van der Waals surface area contributed by atoms with Gasteiger partial charge in [-0.1, -0.05) is 12.1 Å². The summed E-state index contributed by atoms with van der Waals surface area (Å²) in [6.07, 6.45) is 1.43. The van der Waals surface area contributed by atoms with Gasteiger partial charge in [0, 0.05) is 26.2 Å². The van der Waals surface area contributed by atoms with Crippen LogP contribution >= 0.6 is 11.3 Å². The Hall–Kier alpha value is -2.71. The number of rotatable bonds is 5. The Morgan fingerprint density at radius 1 is 1.11 bits per heavy atom. The maximum atomic E-state index is 12.3. The molecule has 0 aliphatic carbocycles. The Balaban J connectivity index is 1.24. The van der Waals surface area contributed by atoms with Crippen LogP contribution in [0.15, 0.2) is 47.1 Å². The number of amides is 2. The molecule has 0 atom stereocenters. The lowest BCUT2D eigenvalue weighted by Crippen LogP contribution is -2.50.